The second-order valence-electron chi connectivity index (χ2n) is 6.19. The number of carbonyl (C=O) groups excluding carboxylic acids is 1. The smallest absolute Gasteiger partial charge is 0.226 e. The Morgan fingerprint density at radius 1 is 1.43 bits per heavy atom. The number of rotatable bonds is 8. The predicted molar refractivity (Wildman–Crippen MR) is 94.0 cm³/mol. The van der Waals surface area contributed by atoms with Crippen LogP contribution in [0.4, 0.5) is 5.69 Å². The van der Waals surface area contributed by atoms with Gasteiger partial charge < -0.3 is 15.4 Å². The van der Waals surface area contributed by atoms with Crippen molar-refractivity contribution in [2.75, 3.05) is 32.1 Å². The molecule has 2 N–H and O–H groups in total. The minimum Gasteiger partial charge on any atom is -0.495 e. The molecule has 0 saturated carbocycles. The van der Waals surface area contributed by atoms with Crippen LogP contribution in [-0.2, 0) is 4.79 Å². The summed E-state index contributed by atoms with van der Waals surface area (Å²) in [5.41, 5.74) is 0.722. The number of methoxy groups -OCH3 is 1. The quantitative estimate of drug-likeness (QED) is 0.773. The topological polar surface area (TPSA) is 53.6 Å². The lowest BCUT2D eigenvalue weighted by Gasteiger charge is -2.24. The van der Waals surface area contributed by atoms with Crippen LogP contribution in [0, 0.1) is 0 Å². The van der Waals surface area contributed by atoms with E-state index in [4.69, 9.17) is 4.74 Å². The normalized spacial score (nSPS) is 19.5. The fourth-order valence-corrected chi connectivity index (χ4v) is 3.18. The van der Waals surface area contributed by atoms with E-state index in [9.17, 15) is 4.79 Å². The van der Waals surface area contributed by atoms with E-state index in [1.165, 1.54) is 19.4 Å². The molecule has 0 aromatic heterocycles. The van der Waals surface area contributed by atoms with Crippen LogP contribution in [0.25, 0.3) is 0 Å². The van der Waals surface area contributed by atoms with Gasteiger partial charge in [0.2, 0.25) is 5.91 Å². The summed E-state index contributed by atoms with van der Waals surface area (Å²) in [6, 6.07) is 8.24. The molecule has 0 aliphatic carbocycles. The van der Waals surface area contributed by atoms with Crippen LogP contribution in [0.2, 0.25) is 0 Å². The Morgan fingerprint density at radius 2 is 2.22 bits per heavy atom. The molecule has 2 rings (SSSR count). The van der Waals surface area contributed by atoms with Gasteiger partial charge in [0.15, 0.2) is 0 Å². The number of nitrogens with one attached hydrogen (secondary N) is 2. The molecule has 128 valence electrons. The third-order valence-corrected chi connectivity index (χ3v) is 4.48. The van der Waals surface area contributed by atoms with Crippen molar-refractivity contribution in [1.82, 2.24) is 10.2 Å². The number of para-hydroxylation sites is 2. The molecule has 5 heteroatoms. The average molecular weight is 319 g/mol. The maximum atomic E-state index is 12.2. The molecule has 1 aromatic carbocycles. The summed E-state index contributed by atoms with van der Waals surface area (Å²) in [4.78, 5) is 14.7. The number of likely N-dealkylation sites (N-methyl/N-ethyl adjacent to an activating group) is 1. The fourth-order valence-electron chi connectivity index (χ4n) is 3.18. The van der Waals surface area contributed by atoms with Gasteiger partial charge >= 0.3 is 0 Å². The molecular weight excluding hydrogens is 290 g/mol. The van der Waals surface area contributed by atoms with Gasteiger partial charge in [0.25, 0.3) is 0 Å². The number of hydrogen-bond donors (Lipinski definition) is 2. The molecule has 1 aromatic rings. The summed E-state index contributed by atoms with van der Waals surface area (Å²) in [6.45, 7) is 7.53. The number of nitrogens with zero attached hydrogens (tertiary/aromatic N) is 1. The molecule has 1 heterocycles. The lowest BCUT2D eigenvalue weighted by Crippen LogP contribution is -2.41. The lowest BCUT2D eigenvalue weighted by atomic mass is 10.1. The monoisotopic (exact) mass is 319 g/mol. The minimum absolute atomic E-state index is 0.00766. The third kappa shape index (κ3) is 5.22. The second kappa shape index (κ2) is 8.89. The van der Waals surface area contributed by atoms with Crippen LogP contribution >= 0.6 is 0 Å². The average Bonchev–Trinajstić information content (AvgIpc) is 3.01. The molecule has 1 saturated heterocycles. The molecule has 5 nitrogen and oxygen atoms in total. The largest absolute Gasteiger partial charge is 0.495 e. The Kier molecular flexibility index (Phi) is 6.86. The summed E-state index contributed by atoms with van der Waals surface area (Å²) in [5.74, 6) is 0.694. The third-order valence-electron chi connectivity index (χ3n) is 4.48. The first-order chi connectivity index (χ1) is 11.1. The van der Waals surface area contributed by atoms with Crippen LogP contribution in [0.1, 0.15) is 33.1 Å². The molecule has 1 aliphatic rings. The first kappa shape index (κ1) is 17.8. The number of carbonyl (C=O) groups is 1. The molecule has 2 atom stereocenters. The first-order valence-corrected chi connectivity index (χ1v) is 8.54. The zero-order chi connectivity index (χ0) is 16.7. The van der Waals surface area contributed by atoms with E-state index < -0.39 is 0 Å². The Bertz CT molecular complexity index is 507. The molecule has 1 aliphatic heterocycles. The van der Waals surface area contributed by atoms with Crippen molar-refractivity contribution in [3.05, 3.63) is 24.3 Å². The summed E-state index contributed by atoms with van der Waals surface area (Å²) in [7, 11) is 1.61. The highest BCUT2D eigenvalue weighted by molar-refractivity contribution is 5.92. The first-order valence-electron chi connectivity index (χ1n) is 8.54. The van der Waals surface area contributed by atoms with Gasteiger partial charge in [-0.25, -0.2) is 0 Å². The van der Waals surface area contributed by atoms with Crippen molar-refractivity contribution in [2.24, 2.45) is 0 Å². The molecule has 0 unspecified atom stereocenters. The van der Waals surface area contributed by atoms with Gasteiger partial charge in [-0.3, -0.25) is 9.69 Å². The van der Waals surface area contributed by atoms with Gasteiger partial charge in [-0.2, -0.15) is 0 Å². The number of ether oxygens (including phenoxy) is 1. The van der Waals surface area contributed by atoms with Crippen LogP contribution in [0.15, 0.2) is 24.3 Å². The molecule has 0 spiro atoms. The van der Waals surface area contributed by atoms with Crippen LogP contribution in [-0.4, -0.2) is 49.6 Å². The van der Waals surface area contributed by atoms with E-state index in [0.717, 1.165) is 18.8 Å². The lowest BCUT2D eigenvalue weighted by molar-refractivity contribution is -0.116. The van der Waals surface area contributed by atoms with E-state index in [1.54, 1.807) is 7.11 Å². The molecular formula is C18H29N3O2. The molecule has 0 bridgehead atoms. The van der Waals surface area contributed by atoms with Crippen LogP contribution in [0.3, 0.4) is 0 Å². The second-order valence-corrected chi connectivity index (χ2v) is 6.19. The Morgan fingerprint density at radius 3 is 2.96 bits per heavy atom. The maximum Gasteiger partial charge on any atom is 0.226 e. The van der Waals surface area contributed by atoms with E-state index in [-0.39, 0.29) is 11.9 Å². The van der Waals surface area contributed by atoms with E-state index >= 15 is 0 Å². The van der Waals surface area contributed by atoms with Crippen molar-refractivity contribution >= 4 is 11.6 Å². The summed E-state index contributed by atoms with van der Waals surface area (Å²) >= 11 is 0. The van der Waals surface area contributed by atoms with Crippen molar-refractivity contribution < 1.29 is 9.53 Å². The maximum absolute atomic E-state index is 12.2. The Labute approximate surface area is 139 Å². The Balaban J connectivity index is 1.76. The number of benzene rings is 1. The zero-order valence-electron chi connectivity index (χ0n) is 14.5. The summed E-state index contributed by atoms with van der Waals surface area (Å²) < 4.78 is 5.25. The highest BCUT2D eigenvalue weighted by atomic mass is 16.5. The summed E-state index contributed by atoms with van der Waals surface area (Å²) in [6.07, 6.45) is 2.99. The molecule has 0 radical (unpaired) electrons. The fraction of sp³-hybridized carbons (Fsp3) is 0.611. The molecule has 1 fully saturated rings. The SMILES string of the molecule is CCN1CCC[C@@H]1CN[C@@H](C)CC(=O)Nc1ccccc1OC. The molecule has 1 amide bonds. The summed E-state index contributed by atoms with van der Waals surface area (Å²) in [5, 5.41) is 6.43. The Hall–Kier alpha value is -1.59. The highest BCUT2D eigenvalue weighted by Crippen LogP contribution is 2.23. The van der Waals surface area contributed by atoms with Crippen molar-refractivity contribution in [1.29, 1.82) is 0 Å². The van der Waals surface area contributed by atoms with Crippen molar-refractivity contribution in [3.63, 3.8) is 0 Å². The van der Waals surface area contributed by atoms with Gasteiger partial charge in [0.05, 0.1) is 12.8 Å². The zero-order valence-corrected chi connectivity index (χ0v) is 14.5. The standard InChI is InChI=1S/C18H29N3O2/c1-4-21-11-7-8-15(21)13-19-14(2)12-18(22)20-16-9-5-6-10-17(16)23-3/h5-6,9-10,14-15,19H,4,7-8,11-13H2,1-3H3,(H,20,22)/t14-,15+/m0/s1. The van der Waals surface area contributed by atoms with E-state index in [0.29, 0.717) is 18.2 Å². The van der Waals surface area contributed by atoms with Crippen molar-refractivity contribution in [2.45, 2.75) is 45.2 Å². The van der Waals surface area contributed by atoms with Crippen molar-refractivity contribution in [3.8, 4) is 5.75 Å². The number of likely N-dealkylation sites (tertiary alicyclic amines) is 1. The minimum atomic E-state index is 0.00766. The van der Waals surface area contributed by atoms with Gasteiger partial charge in [-0.1, -0.05) is 19.1 Å². The van der Waals surface area contributed by atoms with E-state index in [1.807, 2.05) is 24.3 Å². The molecule has 23 heavy (non-hydrogen) atoms. The van der Waals surface area contributed by atoms with Gasteiger partial charge in [-0.15, -0.1) is 0 Å². The van der Waals surface area contributed by atoms with Crippen LogP contribution < -0.4 is 15.4 Å². The van der Waals surface area contributed by atoms with Gasteiger partial charge in [-0.05, 0) is 45.0 Å². The number of hydrogen-bond acceptors (Lipinski definition) is 4. The number of anilines is 1. The highest BCUT2D eigenvalue weighted by Gasteiger charge is 2.23. The van der Waals surface area contributed by atoms with E-state index in [2.05, 4.69) is 29.4 Å². The van der Waals surface area contributed by atoms with Crippen LogP contribution in [0.5, 0.6) is 5.75 Å². The van der Waals surface area contributed by atoms with Gasteiger partial charge in [0.1, 0.15) is 5.75 Å². The predicted octanol–water partition coefficient (Wildman–Crippen LogP) is 2.49. The number of amides is 1. The van der Waals surface area contributed by atoms with Gasteiger partial charge in [0, 0.05) is 25.0 Å².